The summed E-state index contributed by atoms with van der Waals surface area (Å²) >= 11 is 0. The SMILES string of the molecule is NC(=O)c1cccc2cn(-c3ccc(C4CCNC4OC(=O)C(F)(F)F)cc3)nc12. The first kappa shape index (κ1) is 19.9. The van der Waals surface area contributed by atoms with Crippen molar-refractivity contribution in [3.05, 3.63) is 59.8 Å². The minimum atomic E-state index is -5.04. The molecule has 1 aliphatic rings. The van der Waals surface area contributed by atoms with Crippen molar-refractivity contribution < 1.29 is 27.5 Å². The number of carbonyl (C=O) groups excluding carboxylic acids is 2. The molecule has 1 amide bonds. The molecule has 2 heterocycles. The van der Waals surface area contributed by atoms with Crippen molar-refractivity contribution in [1.82, 2.24) is 15.1 Å². The van der Waals surface area contributed by atoms with Crippen LogP contribution in [-0.4, -0.2) is 40.6 Å². The molecule has 156 valence electrons. The number of hydrogen-bond acceptors (Lipinski definition) is 5. The predicted molar refractivity (Wildman–Crippen MR) is 101 cm³/mol. The molecule has 30 heavy (non-hydrogen) atoms. The molecule has 10 heteroatoms. The van der Waals surface area contributed by atoms with E-state index in [0.717, 1.165) is 10.9 Å². The zero-order valence-corrected chi connectivity index (χ0v) is 15.5. The molecule has 2 atom stereocenters. The maximum atomic E-state index is 12.5. The lowest BCUT2D eigenvalue weighted by Crippen LogP contribution is -2.37. The standard InChI is InChI=1S/C20H17F3N4O3/c21-20(22,23)19(29)30-18-14(8-9-25-18)11-4-6-13(7-5-11)27-10-12-2-1-3-15(17(24)28)16(12)26-27/h1-7,10,14,18,25H,8-9H2,(H2,24,28). The lowest BCUT2D eigenvalue weighted by atomic mass is 9.96. The number of alkyl halides is 3. The number of nitrogens with one attached hydrogen (secondary N) is 1. The summed E-state index contributed by atoms with van der Waals surface area (Å²) < 4.78 is 43.7. The van der Waals surface area contributed by atoms with Crippen LogP contribution in [0, 0.1) is 0 Å². The quantitative estimate of drug-likeness (QED) is 0.635. The lowest BCUT2D eigenvalue weighted by Gasteiger charge is -2.21. The molecule has 4 rings (SSSR count). The summed E-state index contributed by atoms with van der Waals surface area (Å²) in [6.45, 7) is 0.433. The van der Waals surface area contributed by atoms with Gasteiger partial charge in [0.05, 0.1) is 11.3 Å². The normalized spacial score (nSPS) is 19.2. The second-order valence-electron chi connectivity index (χ2n) is 6.95. The molecule has 0 saturated carbocycles. The number of halogens is 3. The molecule has 1 fully saturated rings. The van der Waals surface area contributed by atoms with Crippen LogP contribution in [0.15, 0.2) is 48.7 Å². The van der Waals surface area contributed by atoms with Gasteiger partial charge in [0.2, 0.25) is 0 Å². The third-order valence-corrected chi connectivity index (χ3v) is 5.02. The van der Waals surface area contributed by atoms with E-state index in [4.69, 9.17) is 5.73 Å². The fourth-order valence-electron chi connectivity index (χ4n) is 3.57. The van der Waals surface area contributed by atoms with Gasteiger partial charge in [-0.3, -0.25) is 10.1 Å². The second kappa shape index (κ2) is 7.45. The Bertz CT molecular complexity index is 1110. The van der Waals surface area contributed by atoms with Crippen LogP contribution in [-0.2, 0) is 9.53 Å². The summed E-state index contributed by atoms with van der Waals surface area (Å²) in [6.07, 6.45) is -3.80. The molecule has 1 saturated heterocycles. The van der Waals surface area contributed by atoms with Crippen LogP contribution >= 0.6 is 0 Å². The number of nitrogens with zero attached hydrogens (tertiary/aromatic N) is 2. The number of carbonyl (C=O) groups is 2. The van der Waals surface area contributed by atoms with E-state index in [-0.39, 0.29) is 0 Å². The van der Waals surface area contributed by atoms with Crippen LogP contribution in [0.4, 0.5) is 13.2 Å². The van der Waals surface area contributed by atoms with Crippen molar-refractivity contribution in [1.29, 1.82) is 0 Å². The van der Waals surface area contributed by atoms with Crippen molar-refractivity contribution in [3.63, 3.8) is 0 Å². The van der Waals surface area contributed by atoms with Gasteiger partial charge in [-0.05, 0) is 36.7 Å². The molecule has 0 aliphatic carbocycles. The average Bonchev–Trinajstić information content (AvgIpc) is 3.33. The Labute approximate surface area is 168 Å². The molecule has 2 unspecified atom stereocenters. The summed E-state index contributed by atoms with van der Waals surface area (Å²) in [5, 5.41) is 7.95. The molecule has 3 N–H and O–H groups in total. The van der Waals surface area contributed by atoms with E-state index < -0.39 is 30.2 Å². The van der Waals surface area contributed by atoms with Crippen molar-refractivity contribution in [2.75, 3.05) is 6.54 Å². The first-order chi connectivity index (χ1) is 14.2. The summed E-state index contributed by atoms with van der Waals surface area (Å²) in [5.41, 5.74) is 7.61. The lowest BCUT2D eigenvalue weighted by molar-refractivity contribution is -0.206. The zero-order chi connectivity index (χ0) is 21.5. The molecular weight excluding hydrogens is 401 g/mol. The molecular formula is C20H17F3N4O3. The van der Waals surface area contributed by atoms with Gasteiger partial charge in [-0.2, -0.15) is 18.3 Å². The molecule has 2 aromatic carbocycles. The molecule has 1 aliphatic heterocycles. The number of esters is 1. The summed E-state index contributed by atoms with van der Waals surface area (Å²) in [5.74, 6) is -3.19. The summed E-state index contributed by atoms with van der Waals surface area (Å²) in [7, 11) is 0. The molecule has 7 nitrogen and oxygen atoms in total. The van der Waals surface area contributed by atoms with Crippen LogP contribution in [0.3, 0.4) is 0 Å². The van der Waals surface area contributed by atoms with E-state index in [1.165, 1.54) is 0 Å². The Morgan fingerprint density at radius 3 is 2.57 bits per heavy atom. The highest BCUT2D eigenvalue weighted by Gasteiger charge is 2.44. The average molecular weight is 418 g/mol. The van der Waals surface area contributed by atoms with Gasteiger partial charge < -0.3 is 10.5 Å². The number of nitrogens with two attached hydrogens (primary N) is 1. The minimum Gasteiger partial charge on any atom is -0.439 e. The van der Waals surface area contributed by atoms with Crippen molar-refractivity contribution in [3.8, 4) is 5.69 Å². The number of benzene rings is 2. The van der Waals surface area contributed by atoms with Crippen LogP contribution < -0.4 is 11.1 Å². The van der Waals surface area contributed by atoms with E-state index in [2.05, 4.69) is 15.2 Å². The Morgan fingerprint density at radius 2 is 1.90 bits per heavy atom. The number of amides is 1. The number of fused-ring (bicyclic) bond motifs is 1. The highest BCUT2D eigenvalue weighted by Crippen LogP contribution is 2.31. The second-order valence-corrected chi connectivity index (χ2v) is 6.95. The van der Waals surface area contributed by atoms with Crippen LogP contribution in [0.5, 0.6) is 0 Å². The maximum absolute atomic E-state index is 12.5. The van der Waals surface area contributed by atoms with E-state index in [0.29, 0.717) is 29.7 Å². The first-order valence-electron chi connectivity index (χ1n) is 9.14. The van der Waals surface area contributed by atoms with Crippen LogP contribution in [0.1, 0.15) is 28.3 Å². The zero-order valence-electron chi connectivity index (χ0n) is 15.5. The first-order valence-corrected chi connectivity index (χ1v) is 9.14. The number of aromatic nitrogens is 2. The number of rotatable bonds is 4. The Balaban J connectivity index is 1.57. The van der Waals surface area contributed by atoms with Crippen LogP contribution in [0.2, 0.25) is 0 Å². The van der Waals surface area contributed by atoms with Crippen molar-refractivity contribution in [2.45, 2.75) is 24.7 Å². The third kappa shape index (κ3) is 3.73. The monoisotopic (exact) mass is 418 g/mol. The number of hydrogen-bond donors (Lipinski definition) is 2. The Hall–Kier alpha value is -3.40. The topological polar surface area (TPSA) is 99.2 Å². The van der Waals surface area contributed by atoms with E-state index in [9.17, 15) is 22.8 Å². The summed E-state index contributed by atoms with van der Waals surface area (Å²) in [4.78, 5) is 22.7. The molecule has 1 aromatic heterocycles. The minimum absolute atomic E-state index is 0.314. The molecule has 0 radical (unpaired) electrons. The smallest absolute Gasteiger partial charge is 0.439 e. The van der Waals surface area contributed by atoms with E-state index in [1.807, 2.05) is 6.07 Å². The Kier molecular flexibility index (Phi) is 4.94. The van der Waals surface area contributed by atoms with Crippen molar-refractivity contribution in [2.24, 2.45) is 5.73 Å². The van der Waals surface area contributed by atoms with Crippen molar-refractivity contribution >= 4 is 22.8 Å². The van der Waals surface area contributed by atoms with Gasteiger partial charge >= 0.3 is 12.1 Å². The van der Waals surface area contributed by atoms with E-state index in [1.54, 1.807) is 47.3 Å². The third-order valence-electron chi connectivity index (χ3n) is 5.02. The van der Waals surface area contributed by atoms with Gasteiger partial charge in [-0.15, -0.1) is 0 Å². The van der Waals surface area contributed by atoms with Crippen LogP contribution in [0.25, 0.3) is 16.6 Å². The Morgan fingerprint density at radius 1 is 1.17 bits per heavy atom. The highest BCUT2D eigenvalue weighted by molar-refractivity contribution is 6.04. The van der Waals surface area contributed by atoms with Gasteiger partial charge in [0.1, 0.15) is 5.52 Å². The van der Waals surface area contributed by atoms with Gasteiger partial charge in [0, 0.05) is 17.5 Å². The molecule has 0 bridgehead atoms. The van der Waals surface area contributed by atoms with E-state index >= 15 is 0 Å². The highest BCUT2D eigenvalue weighted by atomic mass is 19.4. The van der Waals surface area contributed by atoms with Gasteiger partial charge in [-0.1, -0.05) is 24.3 Å². The fourth-order valence-corrected chi connectivity index (χ4v) is 3.57. The number of ether oxygens (including phenoxy) is 1. The molecule has 3 aromatic rings. The predicted octanol–water partition coefficient (Wildman–Crippen LogP) is 2.63. The largest absolute Gasteiger partial charge is 0.490 e. The fraction of sp³-hybridized carbons (Fsp3) is 0.250. The van der Waals surface area contributed by atoms with Gasteiger partial charge in [-0.25, -0.2) is 9.48 Å². The van der Waals surface area contributed by atoms with Gasteiger partial charge in [0.25, 0.3) is 5.91 Å². The van der Waals surface area contributed by atoms with Gasteiger partial charge in [0.15, 0.2) is 6.23 Å². The number of primary amides is 1. The maximum Gasteiger partial charge on any atom is 0.490 e. The summed E-state index contributed by atoms with van der Waals surface area (Å²) in [6, 6.07) is 12.1. The molecule has 0 spiro atoms.